The number of carbonyl (C=O) groups excluding carboxylic acids is 1. The van der Waals surface area contributed by atoms with E-state index in [9.17, 15) is 26.4 Å². The van der Waals surface area contributed by atoms with Crippen LogP contribution < -0.4 is 4.72 Å². The van der Waals surface area contributed by atoms with Crippen molar-refractivity contribution in [1.29, 1.82) is 0 Å². The highest BCUT2D eigenvalue weighted by Gasteiger charge is 2.43. The van der Waals surface area contributed by atoms with Crippen LogP contribution in [-0.2, 0) is 16.6 Å². The van der Waals surface area contributed by atoms with Crippen molar-refractivity contribution >= 4 is 15.9 Å². The topological polar surface area (TPSA) is 105 Å². The molecular weight excluding hydrogens is 449 g/mol. The minimum absolute atomic E-state index is 0.0126. The van der Waals surface area contributed by atoms with Crippen LogP contribution in [0.15, 0.2) is 16.5 Å². The van der Waals surface area contributed by atoms with E-state index in [2.05, 4.69) is 14.9 Å². The first-order chi connectivity index (χ1) is 15.2. The van der Waals surface area contributed by atoms with Gasteiger partial charge in [0.1, 0.15) is 5.82 Å². The maximum atomic E-state index is 14.9. The fourth-order valence-electron chi connectivity index (χ4n) is 4.52. The number of hydrogen-bond acceptors (Lipinski definition) is 6. The molecule has 1 aromatic carbocycles. The molecule has 1 aromatic heterocycles. The van der Waals surface area contributed by atoms with E-state index in [4.69, 9.17) is 4.42 Å². The number of benzene rings is 1. The van der Waals surface area contributed by atoms with Crippen LogP contribution in [0.1, 0.15) is 66.8 Å². The number of halogens is 3. The summed E-state index contributed by atoms with van der Waals surface area (Å²) in [5, 5.41) is 6.38. The molecule has 2 fully saturated rings. The Hall–Kier alpha value is -2.47. The van der Waals surface area contributed by atoms with Crippen LogP contribution in [-0.4, -0.2) is 46.8 Å². The third-order valence-corrected chi connectivity index (χ3v) is 8.28. The first kappa shape index (κ1) is 21.4. The van der Waals surface area contributed by atoms with Crippen molar-refractivity contribution in [3.63, 3.8) is 0 Å². The molecule has 0 unspecified atom stereocenters. The minimum atomic E-state index is -3.44. The average Bonchev–Trinajstić information content (AvgIpc) is 3.41. The second-order valence-electron chi connectivity index (χ2n) is 8.48. The van der Waals surface area contributed by atoms with Crippen LogP contribution in [0, 0.1) is 5.82 Å². The van der Waals surface area contributed by atoms with Crippen molar-refractivity contribution in [3.8, 4) is 11.5 Å². The van der Waals surface area contributed by atoms with Gasteiger partial charge in [0.25, 0.3) is 11.8 Å². The van der Waals surface area contributed by atoms with Gasteiger partial charge in [-0.15, -0.1) is 10.2 Å². The number of nitrogens with zero attached hydrogens (tertiary/aromatic N) is 3. The highest BCUT2D eigenvalue weighted by Crippen LogP contribution is 2.36. The molecule has 8 nitrogen and oxygen atoms in total. The van der Waals surface area contributed by atoms with Gasteiger partial charge in [0.15, 0.2) is 0 Å². The molecule has 1 aliphatic heterocycles. The largest absolute Gasteiger partial charge is 0.415 e. The van der Waals surface area contributed by atoms with Gasteiger partial charge in [-0.1, -0.05) is 12.8 Å². The van der Waals surface area contributed by atoms with Crippen LogP contribution in [0.2, 0.25) is 0 Å². The van der Waals surface area contributed by atoms with Crippen LogP contribution in [0.25, 0.3) is 11.5 Å². The van der Waals surface area contributed by atoms with Crippen LogP contribution in [0.4, 0.5) is 13.2 Å². The molecule has 12 heteroatoms. The quantitative estimate of drug-likeness (QED) is 0.695. The first-order valence-electron chi connectivity index (χ1n) is 10.5. The molecule has 2 aliphatic carbocycles. The third-order valence-electron chi connectivity index (χ3n) is 6.30. The zero-order valence-corrected chi connectivity index (χ0v) is 17.7. The standard InChI is InChI=1S/C20H21F3N4O4S/c21-14-8-10(18-24-25-19(31-18)17(22)23)7-12-13(14)9-27(20(12)28)16-4-2-1-3-15(16)26-32(29,30)11-5-6-11/h7-8,11,15-17,26H,1-6,9H2/t15-,16-/m1/s1. The van der Waals surface area contributed by atoms with Crippen LogP contribution in [0.5, 0.6) is 0 Å². The Morgan fingerprint density at radius 2 is 1.88 bits per heavy atom. The molecule has 1 N–H and O–H groups in total. The average molecular weight is 470 g/mol. The number of hydrogen-bond donors (Lipinski definition) is 1. The van der Waals surface area contributed by atoms with E-state index in [0.29, 0.717) is 25.7 Å². The SMILES string of the molecule is O=C1c2cc(-c3nnc(C(F)F)o3)cc(F)c2CN1[C@@H]1CCCC[C@H]1NS(=O)(=O)C1CC1. The molecule has 2 aromatic rings. The Morgan fingerprint density at radius 3 is 2.56 bits per heavy atom. The van der Waals surface area contributed by atoms with Gasteiger partial charge in [-0.3, -0.25) is 4.79 Å². The Kier molecular flexibility index (Phi) is 5.24. The molecule has 1 amide bonds. The van der Waals surface area contributed by atoms with Crippen molar-refractivity contribution in [3.05, 3.63) is 35.0 Å². The van der Waals surface area contributed by atoms with E-state index in [1.807, 2.05) is 0 Å². The second kappa shape index (κ2) is 7.84. The summed E-state index contributed by atoms with van der Waals surface area (Å²) in [6.45, 7) is 0.0126. The lowest BCUT2D eigenvalue weighted by Crippen LogP contribution is -2.53. The zero-order chi connectivity index (χ0) is 22.6. The second-order valence-corrected chi connectivity index (χ2v) is 10.5. The van der Waals surface area contributed by atoms with Gasteiger partial charge in [-0.05, 0) is 37.8 Å². The molecule has 2 saturated carbocycles. The summed E-state index contributed by atoms with van der Waals surface area (Å²) in [6, 6.07) is 1.61. The molecule has 0 radical (unpaired) electrons. The molecule has 172 valence electrons. The molecule has 0 saturated heterocycles. The summed E-state index contributed by atoms with van der Waals surface area (Å²) >= 11 is 0. The Morgan fingerprint density at radius 1 is 1.12 bits per heavy atom. The van der Waals surface area contributed by atoms with Crippen LogP contribution in [0.3, 0.4) is 0 Å². The number of fused-ring (bicyclic) bond motifs is 1. The van der Waals surface area contributed by atoms with E-state index in [1.54, 1.807) is 0 Å². The van der Waals surface area contributed by atoms with Crippen molar-refractivity contribution in [2.24, 2.45) is 0 Å². The summed E-state index contributed by atoms with van der Waals surface area (Å²) in [5.74, 6) is -2.31. The van der Waals surface area contributed by atoms with Crippen molar-refractivity contribution in [2.45, 2.75) is 68.8 Å². The Bertz CT molecular complexity index is 1170. The summed E-state index contributed by atoms with van der Waals surface area (Å²) in [4.78, 5) is 14.7. The zero-order valence-electron chi connectivity index (χ0n) is 16.9. The summed E-state index contributed by atoms with van der Waals surface area (Å²) < 4.78 is 73.0. The molecule has 0 spiro atoms. The molecule has 2 heterocycles. The van der Waals surface area contributed by atoms with Gasteiger partial charge >= 0.3 is 6.43 Å². The number of nitrogens with one attached hydrogen (secondary N) is 1. The molecule has 5 rings (SSSR count). The highest BCUT2D eigenvalue weighted by atomic mass is 32.2. The molecule has 32 heavy (non-hydrogen) atoms. The third kappa shape index (κ3) is 3.79. The fourth-order valence-corrected chi connectivity index (χ4v) is 6.17. The van der Waals surface area contributed by atoms with Gasteiger partial charge in [0.05, 0.1) is 11.8 Å². The Balaban J connectivity index is 1.42. The lowest BCUT2D eigenvalue weighted by molar-refractivity contribution is 0.0619. The van der Waals surface area contributed by atoms with E-state index in [-0.39, 0.29) is 34.4 Å². The molecule has 2 atom stereocenters. The van der Waals surface area contributed by atoms with Crippen LogP contribution >= 0.6 is 0 Å². The van der Waals surface area contributed by atoms with E-state index >= 15 is 0 Å². The van der Waals surface area contributed by atoms with Gasteiger partial charge in [-0.2, -0.15) is 8.78 Å². The number of alkyl halides is 2. The number of aromatic nitrogens is 2. The van der Waals surface area contributed by atoms with Gasteiger partial charge in [0, 0.05) is 28.8 Å². The van der Waals surface area contributed by atoms with E-state index < -0.39 is 46.1 Å². The number of rotatable bonds is 6. The van der Waals surface area contributed by atoms with Gasteiger partial charge < -0.3 is 9.32 Å². The predicted octanol–water partition coefficient (Wildman–Crippen LogP) is 3.16. The lowest BCUT2D eigenvalue weighted by atomic mass is 9.90. The number of sulfonamides is 1. The number of carbonyl (C=O) groups is 1. The Labute approximate surface area is 182 Å². The maximum Gasteiger partial charge on any atom is 0.314 e. The van der Waals surface area contributed by atoms with Gasteiger partial charge in [0.2, 0.25) is 15.9 Å². The summed E-state index contributed by atoms with van der Waals surface area (Å²) in [6.07, 6.45) is 1.19. The molecular formula is C20H21F3N4O4S. The van der Waals surface area contributed by atoms with Gasteiger partial charge in [-0.25, -0.2) is 17.5 Å². The van der Waals surface area contributed by atoms with Crippen molar-refractivity contribution < 1.29 is 30.8 Å². The first-order valence-corrected chi connectivity index (χ1v) is 12.1. The lowest BCUT2D eigenvalue weighted by Gasteiger charge is -2.38. The summed E-state index contributed by atoms with van der Waals surface area (Å²) in [5.41, 5.74) is 0.304. The smallest absolute Gasteiger partial charge is 0.314 e. The molecule has 3 aliphatic rings. The predicted molar refractivity (Wildman–Crippen MR) is 106 cm³/mol. The van der Waals surface area contributed by atoms with Crippen molar-refractivity contribution in [1.82, 2.24) is 19.8 Å². The maximum absolute atomic E-state index is 14.9. The van der Waals surface area contributed by atoms with E-state index in [1.165, 1.54) is 11.0 Å². The molecule has 0 bridgehead atoms. The summed E-state index contributed by atoms with van der Waals surface area (Å²) in [7, 11) is -3.44. The minimum Gasteiger partial charge on any atom is -0.415 e. The van der Waals surface area contributed by atoms with E-state index in [0.717, 1.165) is 18.9 Å². The highest BCUT2D eigenvalue weighted by molar-refractivity contribution is 7.90. The normalized spacial score (nSPS) is 23.8. The monoisotopic (exact) mass is 470 g/mol. The van der Waals surface area contributed by atoms with Crippen molar-refractivity contribution in [2.75, 3.05) is 0 Å². The number of amides is 1. The fraction of sp³-hybridized carbons (Fsp3) is 0.550.